The summed E-state index contributed by atoms with van der Waals surface area (Å²) < 4.78 is 19.4. The van der Waals surface area contributed by atoms with E-state index in [0.29, 0.717) is 30.3 Å². The van der Waals surface area contributed by atoms with Gasteiger partial charge in [-0.15, -0.1) is 11.8 Å². The van der Waals surface area contributed by atoms with Crippen LogP contribution in [0.25, 0.3) is 0 Å². The number of hydrogen-bond donors (Lipinski definition) is 1. The molecule has 1 atom stereocenters. The average molecular weight is 418 g/mol. The summed E-state index contributed by atoms with van der Waals surface area (Å²) >= 11 is 7.41. The molecule has 1 aromatic rings. The summed E-state index contributed by atoms with van der Waals surface area (Å²) in [5.41, 5.74) is 0.0767. The normalized spacial score (nSPS) is 12.1. The molecule has 152 valence electrons. The van der Waals surface area contributed by atoms with Gasteiger partial charge in [0.15, 0.2) is 0 Å². The van der Waals surface area contributed by atoms with Gasteiger partial charge in [-0.2, -0.15) is 0 Å². The Morgan fingerprint density at radius 1 is 1.22 bits per heavy atom. The highest BCUT2D eigenvalue weighted by molar-refractivity contribution is 8.00. The zero-order chi connectivity index (χ0) is 20.4. The Balaban J connectivity index is 2.92. The van der Waals surface area contributed by atoms with E-state index in [1.165, 1.54) is 23.9 Å². The molecule has 1 unspecified atom stereocenters. The van der Waals surface area contributed by atoms with Crippen LogP contribution in [0.15, 0.2) is 17.0 Å². The molecule has 1 amide bonds. The van der Waals surface area contributed by atoms with Crippen LogP contribution >= 0.6 is 23.4 Å². The minimum absolute atomic E-state index is 0.0767. The Morgan fingerprint density at radius 2 is 1.93 bits per heavy atom. The van der Waals surface area contributed by atoms with Gasteiger partial charge >= 0.3 is 5.97 Å². The highest BCUT2D eigenvalue weighted by atomic mass is 35.5. The van der Waals surface area contributed by atoms with Crippen molar-refractivity contribution >= 4 is 40.9 Å². The molecule has 0 saturated carbocycles. The number of carbonyl (C=O) groups is 2. The molecule has 4 nitrogen and oxygen atoms in total. The van der Waals surface area contributed by atoms with E-state index in [9.17, 15) is 14.0 Å². The van der Waals surface area contributed by atoms with Crippen molar-refractivity contribution < 1.29 is 18.7 Å². The zero-order valence-electron chi connectivity index (χ0n) is 16.4. The third-order valence-corrected chi connectivity index (χ3v) is 5.50. The molecule has 7 heteroatoms. The molecule has 27 heavy (non-hydrogen) atoms. The topological polar surface area (TPSA) is 55.4 Å². The number of nitrogens with one attached hydrogen (secondary N) is 1. The van der Waals surface area contributed by atoms with Gasteiger partial charge < -0.3 is 10.1 Å². The minimum Gasteiger partial charge on any atom is -0.465 e. The second kappa shape index (κ2) is 12.2. The molecule has 1 rings (SSSR count). The van der Waals surface area contributed by atoms with Crippen molar-refractivity contribution in [1.29, 1.82) is 0 Å². The Bertz CT molecular complexity index is 640. The van der Waals surface area contributed by atoms with Crippen LogP contribution in [0.4, 0.5) is 10.1 Å². The van der Waals surface area contributed by atoms with Gasteiger partial charge in [0.25, 0.3) is 0 Å². The highest BCUT2D eigenvalue weighted by Crippen LogP contribution is 2.36. The summed E-state index contributed by atoms with van der Waals surface area (Å²) in [5.74, 6) is -0.747. The molecule has 0 radical (unpaired) electrons. The largest absolute Gasteiger partial charge is 0.465 e. The molecular weight excluding hydrogens is 389 g/mol. The van der Waals surface area contributed by atoms with E-state index < -0.39 is 11.1 Å². The van der Waals surface area contributed by atoms with Crippen molar-refractivity contribution in [3.63, 3.8) is 0 Å². The van der Waals surface area contributed by atoms with Gasteiger partial charge in [-0.1, -0.05) is 45.7 Å². The van der Waals surface area contributed by atoms with Crippen LogP contribution in [0.3, 0.4) is 0 Å². The second-order valence-electron chi connectivity index (χ2n) is 6.81. The number of halogens is 2. The first kappa shape index (κ1) is 23.8. The lowest BCUT2D eigenvalue weighted by atomic mass is 10.1. The third kappa shape index (κ3) is 8.52. The maximum absolute atomic E-state index is 14.2. The Hall–Kier alpha value is -1.27. The number of thioether (sulfide) groups is 1. The van der Waals surface area contributed by atoms with Crippen LogP contribution in [0.2, 0.25) is 5.02 Å². The van der Waals surface area contributed by atoms with E-state index in [1.54, 1.807) is 0 Å². The fraction of sp³-hybridized carbons (Fsp3) is 0.600. The molecule has 0 fully saturated rings. The van der Waals surface area contributed by atoms with E-state index >= 15 is 0 Å². The number of esters is 1. The van der Waals surface area contributed by atoms with Crippen LogP contribution < -0.4 is 5.32 Å². The molecule has 0 bridgehead atoms. The molecule has 0 aliphatic carbocycles. The Labute approximate surface area is 170 Å². The van der Waals surface area contributed by atoms with Crippen LogP contribution in [-0.2, 0) is 14.3 Å². The summed E-state index contributed by atoms with van der Waals surface area (Å²) in [7, 11) is 0. The molecule has 0 spiro atoms. The van der Waals surface area contributed by atoms with Gasteiger partial charge in [-0.3, -0.25) is 9.59 Å². The van der Waals surface area contributed by atoms with Gasteiger partial charge in [-0.25, -0.2) is 4.39 Å². The SMILES string of the molecule is CCCOC(=O)C(CCC)Sc1cc(NC(=O)CCC(C)C)c(F)cc1Cl. The van der Waals surface area contributed by atoms with Crippen LogP contribution in [-0.4, -0.2) is 23.7 Å². The smallest absolute Gasteiger partial charge is 0.319 e. The van der Waals surface area contributed by atoms with Crippen molar-refractivity contribution in [2.24, 2.45) is 5.92 Å². The maximum atomic E-state index is 14.2. The quantitative estimate of drug-likeness (QED) is 0.350. The van der Waals surface area contributed by atoms with Crippen molar-refractivity contribution in [3.05, 3.63) is 23.0 Å². The minimum atomic E-state index is -0.595. The summed E-state index contributed by atoms with van der Waals surface area (Å²) in [6, 6.07) is 2.66. The number of rotatable bonds is 11. The molecular formula is C20H29ClFNO3S. The number of anilines is 1. The Morgan fingerprint density at radius 3 is 2.52 bits per heavy atom. The first-order valence-corrected chi connectivity index (χ1v) is 10.7. The van der Waals surface area contributed by atoms with Crippen LogP contribution in [0.5, 0.6) is 0 Å². The molecule has 0 heterocycles. The lowest BCUT2D eigenvalue weighted by Crippen LogP contribution is -2.20. The first-order valence-electron chi connectivity index (χ1n) is 9.40. The third-order valence-electron chi connectivity index (χ3n) is 3.78. The first-order chi connectivity index (χ1) is 12.8. The molecule has 0 aromatic heterocycles. The highest BCUT2D eigenvalue weighted by Gasteiger charge is 2.23. The van der Waals surface area contributed by atoms with Gasteiger partial charge in [-0.05, 0) is 37.3 Å². The van der Waals surface area contributed by atoms with Gasteiger partial charge in [0, 0.05) is 11.3 Å². The predicted octanol–water partition coefficient (Wildman–Crippen LogP) is 6.07. The van der Waals surface area contributed by atoms with Crippen molar-refractivity contribution in [2.45, 2.75) is 69.9 Å². The maximum Gasteiger partial charge on any atom is 0.319 e. The summed E-state index contributed by atoms with van der Waals surface area (Å²) in [6.07, 6.45) is 3.22. The summed E-state index contributed by atoms with van der Waals surface area (Å²) in [5, 5.41) is 2.39. The fourth-order valence-electron chi connectivity index (χ4n) is 2.28. The van der Waals surface area contributed by atoms with E-state index in [1.807, 2.05) is 27.7 Å². The monoisotopic (exact) mass is 417 g/mol. The number of hydrogen-bond acceptors (Lipinski definition) is 4. The van der Waals surface area contributed by atoms with Gasteiger partial charge in [0.2, 0.25) is 5.91 Å². The van der Waals surface area contributed by atoms with Crippen molar-refractivity contribution in [1.82, 2.24) is 0 Å². The van der Waals surface area contributed by atoms with Gasteiger partial charge in [0.1, 0.15) is 11.1 Å². The molecule has 1 aromatic carbocycles. The van der Waals surface area contributed by atoms with Crippen LogP contribution in [0.1, 0.15) is 59.8 Å². The molecule has 1 N–H and O–H groups in total. The standard InChI is InChI=1S/C20H29ClFNO3S/c1-5-7-17(20(25)26-10-6-2)27-18-12-16(15(22)11-14(18)21)23-19(24)9-8-13(3)4/h11-13,17H,5-10H2,1-4H3,(H,23,24). The second-order valence-corrected chi connectivity index (χ2v) is 8.46. The average Bonchev–Trinajstić information content (AvgIpc) is 2.61. The fourth-order valence-corrected chi connectivity index (χ4v) is 3.75. The number of amides is 1. The number of ether oxygens (including phenoxy) is 1. The lowest BCUT2D eigenvalue weighted by molar-refractivity contribution is -0.143. The van der Waals surface area contributed by atoms with Crippen LogP contribution in [0, 0.1) is 11.7 Å². The van der Waals surface area contributed by atoms with E-state index in [4.69, 9.17) is 16.3 Å². The predicted molar refractivity (Wildman–Crippen MR) is 110 cm³/mol. The molecule has 0 saturated heterocycles. The molecule has 0 aliphatic rings. The zero-order valence-corrected chi connectivity index (χ0v) is 18.0. The number of benzene rings is 1. The summed E-state index contributed by atoms with van der Waals surface area (Å²) in [6.45, 7) is 8.33. The molecule has 0 aliphatic heterocycles. The summed E-state index contributed by atoms with van der Waals surface area (Å²) in [4.78, 5) is 24.8. The van der Waals surface area contributed by atoms with E-state index in [-0.39, 0.29) is 22.6 Å². The Kier molecular flexibility index (Phi) is 10.8. The van der Waals surface area contributed by atoms with Crippen molar-refractivity contribution in [3.8, 4) is 0 Å². The van der Waals surface area contributed by atoms with Crippen molar-refractivity contribution in [2.75, 3.05) is 11.9 Å². The lowest BCUT2D eigenvalue weighted by Gasteiger charge is -2.17. The van der Waals surface area contributed by atoms with Gasteiger partial charge in [0.05, 0.1) is 17.3 Å². The van der Waals surface area contributed by atoms with E-state index in [0.717, 1.165) is 19.3 Å². The van der Waals surface area contributed by atoms with E-state index in [2.05, 4.69) is 5.32 Å². The number of carbonyl (C=O) groups excluding carboxylic acids is 2.